The standard InChI is InChI=1S/C13H15ClN2O2/c1-9-6-16(7-12(8-17)18-9)13-3-2-11(14)4-10(13)5-15/h2-4,9,12,17H,6-8H2,1H3. The maximum atomic E-state index is 9.21. The Balaban J connectivity index is 2.28. The van der Waals surface area contributed by atoms with E-state index in [4.69, 9.17) is 21.6 Å². The van der Waals surface area contributed by atoms with Gasteiger partial charge in [0.15, 0.2) is 0 Å². The second-order valence-electron chi connectivity index (χ2n) is 4.43. The van der Waals surface area contributed by atoms with Crippen LogP contribution in [0.1, 0.15) is 12.5 Å². The monoisotopic (exact) mass is 266 g/mol. The SMILES string of the molecule is CC1CN(c2ccc(Cl)cc2C#N)CC(CO)O1. The third kappa shape index (κ3) is 2.75. The van der Waals surface area contributed by atoms with E-state index in [0.717, 1.165) is 5.69 Å². The quantitative estimate of drug-likeness (QED) is 0.887. The molecule has 1 aromatic carbocycles. The molecule has 1 aliphatic heterocycles. The van der Waals surface area contributed by atoms with Crippen LogP contribution in [0.5, 0.6) is 0 Å². The number of nitriles is 1. The summed E-state index contributed by atoms with van der Waals surface area (Å²) >= 11 is 5.88. The van der Waals surface area contributed by atoms with Gasteiger partial charge < -0.3 is 14.7 Å². The van der Waals surface area contributed by atoms with Gasteiger partial charge in [0, 0.05) is 18.1 Å². The normalized spacial score (nSPS) is 23.8. The van der Waals surface area contributed by atoms with Crippen LogP contribution in [0, 0.1) is 11.3 Å². The molecule has 1 fully saturated rings. The maximum absolute atomic E-state index is 9.21. The largest absolute Gasteiger partial charge is 0.394 e. The van der Waals surface area contributed by atoms with Crippen molar-refractivity contribution in [2.24, 2.45) is 0 Å². The van der Waals surface area contributed by atoms with Crippen molar-refractivity contribution >= 4 is 17.3 Å². The van der Waals surface area contributed by atoms with Gasteiger partial charge in [-0.25, -0.2) is 0 Å². The Morgan fingerprint density at radius 2 is 2.33 bits per heavy atom. The summed E-state index contributed by atoms with van der Waals surface area (Å²) in [5.41, 5.74) is 1.39. The number of aliphatic hydroxyl groups excluding tert-OH is 1. The number of halogens is 1. The Hall–Kier alpha value is -1.28. The first-order valence-corrected chi connectivity index (χ1v) is 6.22. The van der Waals surface area contributed by atoms with Crippen LogP contribution in [0.3, 0.4) is 0 Å². The minimum atomic E-state index is -0.212. The van der Waals surface area contributed by atoms with Crippen molar-refractivity contribution in [1.82, 2.24) is 0 Å². The first-order valence-electron chi connectivity index (χ1n) is 5.85. The molecule has 1 aliphatic rings. The van der Waals surface area contributed by atoms with Crippen molar-refractivity contribution in [3.63, 3.8) is 0 Å². The lowest BCUT2D eigenvalue weighted by Gasteiger charge is -2.37. The van der Waals surface area contributed by atoms with E-state index < -0.39 is 0 Å². The number of rotatable bonds is 2. The summed E-state index contributed by atoms with van der Waals surface area (Å²) in [6.45, 7) is 3.22. The lowest BCUT2D eigenvalue weighted by atomic mass is 10.1. The van der Waals surface area contributed by atoms with Gasteiger partial charge in [0.2, 0.25) is 0 Å². The average Bonchev–Trinajstić information content (AvgIpc) is 2.37. The van der Waals surface area contributed by atoms with Crippen molar-refractivity contribution < 1.29 is 9.84 Å². The zero-order chi connectivity index (χ0) is 13.1. The first-order chi connectivity index (χ1) is 8.63. The van der Waals surface area contributed by atoms with Crippen molar-refractivity contribution in [1.29, 1.82) is 5.26 Å². The summed E-state index contributed by atoms with van der Waals surface area (Å²) in [4.78, 5) is 2.06. The van der Waals surface area contributed by atoms with E-state index >= 15 is 0 Å². The van der Waals surface area contributed by atoms with Gasteiger partial charge in [0.25, 0.3) is 0 Å². The highest BCUT2D eigenvalue weighted by Gasteiger charge is 2.26. The van der Waals surface area contributed by atoms with Gasteiger partial charge >= 0.3 is 0 Å². The van der Waals surface area contributed by atoms with Gasteiger partial charge in [0.1, 0.15) is 6.07 Å². The third-order valence-electron chi connectivity index (χ3n) is 2.95. The summed E-state index contributed by atoms with van der Waals surface area (Å²) in [6, 6.07) is 7.42. The topological polar surface area (TPSA) is 56.5 Å². The molecule has 1 N–H and O–H groups in total. The molecule has 2 unspecified atom stereocenters. The smallest absolute Gasteiger partial charge is 0.101 e. The molecule has 1 saturated heterocycles. The van der Waals surface area contributed by atoms with Crippen molar-refractivity contribution in [3.8, 4) is 6.07 Å². The lowest BCUT2D eigenvalue weighted by molar-refractivity contribution is -0.0421. The van der Waals surface area contributed by atoms with E-state index in [-0.39, 0.29) is 18.8 Å². The predicted octanol–water partition coefficient (Wildman–Crippen LogP) is 1.80. The molecule has 2 rings (SSSR count). The van der Waals surface area contributed by atoms with Crippen LogP contribution in [0.25, 0.3) is 0 Å². The molecule has 0 aromatic heterocycles. The zero-order valence-corrected chi connectivity index (χ0v) is 10.9. The Morgan fingerprint density at radius 3 is 3.00 bits per heavy atom. The van der Waals surface area contributed by atoms with Crippen LogP contribution in [-0.2, 0) is 4.74 Å². The van der Waals surface area contributed by atoms with Crippen LogP contribution < -0.4 is 4.90 Å². The minimum absolute atomic E-state index is 0.0175. The fraction of sp³-hybridized carbons (Fsp3) is 0.462. The number of aliphatic hydroxyl groups is 1. The van der Waals surface area contributed by atoms with Gasteiger partial charge in [-0.15, -0.1) is 0 Å². The number of nitrogens with zero attached hydrogens (tertiary/aromatic N) is 2. The van der Waals surface area contributed by atoms with Crippen molar-refractivity contribution in [2.45, 2.75) is 19.1 Å². The summed E-state index contributed by atoms with van der Waals surface area (Å²) in [7, 11) is 0. The Labute approximate surface area is 111 Å². The number of anilines is 1. The number of benzene rings is 1. The van der Waals surface area contributed by atoms with E-state index in [9.17, 15) is 5.11 Å². The molecule has 4 nitrogen and oxygen atoms in total. The van der Waals surface area contributed by atoms with Gasteiger partial charge in [-0.1, -0.05) is 11.6 Å². The van der Waals surface area contributed by atoms with E-state index in [0.29, 0.717) is 23.7 Å². The summed E-state index contributed by atoms with van der Waals surface area (Å²) in [6.07, 6.45) is -0.186. The molecule has 0 bridgehead atoms. The molecule has 5 heteroatoms. The highest BCUT2D eigenvalue weighted by Crippen LogP contribution is 2.26. The molecular formula is C13H15ClN2O2. The number of hydrogen-bond acceptors (Lipinski definition) is 4. The van der Waals surface area contributed by atoms with E-state index in [1.807, 2.05) is 13.0 Å². The average molecular weight is 267 g/mol. The Morgan fingerprint density at radius 1 is 1.56 bits per heavy atom. The Kier molecular flexibility index (Phi) is 4.07. The highest BCUT2D eigenvalue weighted by molar-refractivity contribution is 6.30. The molecule has 2 atom stereocenters. The molecular weight excluding hydrogens is 252 g/mol. The molecule has 1 heterocycles. The molecule has 0 radical (unpaired) electrons. The van der Waals surface area contributed by atoms with Gasteiger partial charge in [-0.2, -0.15) is 5.26 Å². The van der Waals surface area contributed by atoms with E-state index in [1.54, 1.807) is 12.1 Å². The highest BCUT2D eigenvalue weighted by atomic mass is 35.5. The van der Waals surface area contributed by atoms with Crippen molar-refractivity contribution in [2.75, 3.05) is 24.6 Å². The summed E-state index contributed by atoms with van der Waals surface area (Å²) < 4.78 is 5.58. The number of hydrogen-bond donors (Lipinski definition) is 1. The molecule has 1 aromatic rings. The molecule has 96 valence electrons. The molecule has 18 heavy (non-hydrogen) atoms. The number of ether oxygens (including phenoxy) is 1. The van der Waals surface area contributed by atoms with Crippen LogP contribution in [-0.4, -0.2) is 37.0 Å². The number of morpholine rings is 1. The molecule has 0 amide bonds. The van der Waals surface area contributed by atoms with Crippen molar-refractivity contribution in [3.05, 3.63) is 28.8 Å². The van der Waals surface area contributed by atoms with E-state index in [2.05, 4.69) is 11.0 Å². The van der Waals surface area contributed by atoms with Crippen LogP contribution in [0.15, 0.2) is 18.2 Å². The molecule has 0 saturated carbocycles. The van der Waals surface area contributed by atoms with Gasteiger partial charge in [0.05, 0.1) is 30.1 Å². The van der Waals surface area contributed by atoms with Crippen LogP contribution in [0.2, 0.25) is 5.02 Å². The fourth-order valence-electron chi connectivity index (χ4n) is 2.22. The maximum Gasteiger partial charge on any atom is 0.101 e. The first kappa shape index (κ1) is 13.2. The minimum Gasteiger partial charge on any atom is -0.394 e. The van der Waals surface area contributed by atoms with Crippen LogP contribution in [0.4, 0.5) is 5.69 Å². The van der Waals surface area contributed by atoms with Gasteiger partial charge in [-0.05, 0) is 25.1 Å². The zero-order valence-electron chi connectivity index (χ0n) is 10.1. The molecule has 0 aliphatic carbocycles. The molecule has 0 spiro atoms. The van der Waals surface area contributed by atoms with E-state index in [1.165, 1.54) is 0 Å². The third-order valence-corrected chi connectivity index (χ3v) is 3.18. The second kappa shape index (κ2) is 5.57. The Bertz CT molecular complexity index is 473. The summed E-state index contributed by atoms with van der Waals surface area (Å²) in [5.74, 6) is 0. The fourth-order valence-corrected chi connectivity index (χ4v) is 2.39. The van der Waals surface area contributed by atoms with Gasteiger partial charge in [-0.3, -0.25) is 0 Å². The van der Waals surface area contributed by atoms with Crippen LogP contribution >= 0.6 is 11.6 Å². The second-order valence-corrected chi connectivity index (χ2v) is 4.87. The predicted molar refractivity (Wildman–Crippen MR) is 69.8 cm³/mol. The summed E-state index contributed by atoms with van der Waals surface area (Å²) in [5, 5.41) is 18.9. The lowest BCUT2D eigenvalue weighted by Crippen LogP contribution is -2.48.